The first-order chi connectivity index (χ1) is 7.97. The number of hydrogen-bond donors (Lipinski definition) is 2. The minimum absolute atomic E-state index is 0.251. The van der Waals surface area contributed by atoms with E-state index in [9.17, 15) is 4.79 Å². The Morgan fingerprint density at radius 2 is 2.00 bits per heavy atom. The number of carbonyl (C=O) groups excluding carboxylic acids is 1. The van der Waals surface area contributed by atoms with Gasteiger partial charge >= 0.3 is 14.8 Å². The number of ether oxygens (including phenoxy) is 2. The molecule has 6 nitrogen and oxygen atoms in total. The zero-order valence-corrected chi connectivity index (χ0v) is 10.9. The van der Waals surface area contributed by atoms with E-state index in [-0.39, 0.29) is 18.1 Å². The van der Waals surface area contributed by atoms with Crippen LogP contribution in [0.25, 0.3) is 0 Å². The van der Waals surface area contributed by atoms with Crippen molar-refractivity contribution in [1.29, 1.82) is 0 Å². The molecule has 0 radical (unpaired) electrons. The first-order valence-corrected chi connectivity index (χ1v) is 6.82. The Bertz CT molecular complexity index is 245. The zero-order valence-electron chi connectivity index (χ0n) is 10.0. The first kappa shape index (κ1) is 14.6. The van der Waals surface area contributed by atoms with Crippen LogP contribution in [0.4, 0.5) is 4.79 Å². The minimum Gasteiger partial charge on any atom is -0.434 e. The highest BCUT2D eigenvalue weighted by atomic mass is 31.2. The van der Waals surface area contributed by atoms with Gasteiger partial charge < -0.3 is 23.8 Å². The topological polar surface area (TPSA) is 85.2 Å². The van der Waals surface area contributed by atoms with E-state index in [1.165, 1.54) is 0 Å². The molecule has 1 aliphatic carbocycles. The van der Waals surface area contributed by atoms with Crippen molar-refractivity contribution in [1.82, 2.24) is 0 Å². The quantitative estimate of drug-likeness (QED) is 0.584. The van der Waals surface area contributed by atoms with Crippen LogP contribution in [0.2, 0.25) is 0 Å². The Morgan fingerprint density at radius 1 is 1.35 bits per heavy atom. The molecular weight excluding hydrogens is 247 g/mol. The second-order valence-corrected chi connectivity index (χ2v) is 5.20. The lowest BCUT2D eigenvalue weighted by atomic mass is 10.2. The molecular formula is C10H19O6P. The van der Waals surface area contributed by atoms with Crippen LogP contribution in [0.15, 0.2) is 0 Å². The lowest BCUT2D eigenvalue weighted by Crippen LogP contribution is -2.19. The van der Waals surface area contributed by atoms with Crippen LogP contribution in [0, 0.1) is 5.92 Å². The third-order valence-electron chi connectivity index (χ3n) is 2.38. The molecule has 2 unspecified atom stereocenters. The van der Waals surface area contributed by atoms with Crippen molar-refractivity contribution in [3.63, 3.8) is 0 Å². The number of carbonyl (C=O) groups is 1. The minimum atomic E-state index is -2.34. The van der Waals surface area contributed by atoms with Crippen LogP contribution in [-0.4, -0.2) is 34.8 Å². The largest absolute Gasteiger partial charge is 0.508 e. The lowest BCUT2D eigenvalue weighted by molar-refractivity contribution is 0.0166. The molecule has 2 N–H and O–H groups in total. The third kappa shape index (κ3) is 6.17. The summed E-state index contributed by atoms with van der Waals surface area (Å²) in [6.07, 6.45) is 0.622. The first-order valence-electron chi connectivity index (χ1n) is 5.65. The van der Waals surface area contributed by atoms with Crippen LogP contribution >= 0.6 is 8.60 Å². The van der Waals surface area contributed by atoms with Gasteiger partial charge in [-0.3, -0.25) is 0 Å². The highest BCUT2D eigenvalue weighted by molar-refractivity contribution is 7.39. The van der Waals surface area contributed by atoms with Gasteiger partial charge in [0, 0.05) is 6.42 Å². The molecule has 1 fully saturated rings. The van der Waals surface area contributed by atoms with Gasteiger partial charge in [-0.25, -0.2) is 4.79 Å². The van der Waals surface area contributed by atoms with Crippen LogP contribution in [0.5, 0.6) is 0 Å². The summed E-state index contributed by atoms with van der Waals surface area (Å²) in [5.41, 5.74) is 0. The average Bonchev–Trinajstić information content (AvgIpc) is 2.61. The Hall–Kier alpha value is -0.420. The van der Waals surface area contributed by atoms with Gasteiger partial charge in [0.2, 0.25) is 0 Å². The van der Waals surface area contributed by atoms with Gasteiger partial charge in [0.15, 0.2) is 0 Å². The molecule has 2 atom stereocenters. The van der Waals surface area contributed by atoms with Gasteiger partial charge in [-0.15, -0.1) is 0 Å². The van der Waals surface area contributed by atoms with Gasteiger partial charge in [-0.05, 0) is 18.8 Å². The standard InChI is InChI=1S/C10H19O6P/c1-7(2)6-14-10(11)15-8-3-4-9(5-8)16-17(12)13/h7-9,12-13H,3-6H2,1-2H3. The summed E-state index contributed by atoms with van der Waals surface area (Å²) < 4.78 is 14.8. The van der Waals surface area contributed by atoms with Crippen molar-refractivity contribution in [3.05, 3.63) is 0 Å². The summed E-state index contributed by atoms with van der Waals surface area (Å²) in [6, 6.07) is 0. The molecule has 1 rings (SSSR count). The van der Waals surface area contributed by atoms with E-state index in [2.05, 4.69) is 0 Å². The van der Waals surface area contributed by atoms with E-state index in [1.54, 1.807) is 0 Å². The third-order valence-corrected chi connectivity index (χ3v) is 2.86. The maximum atomic E-state index is 11.3. The van der Waals surface area contributed by atoms with Gasteiger partial charge in [0.05, 0.1) is 12.7 Å². The second kappa shape index (κ2) is 7.11. The van der Waals surface area contributed by atoms with E-state index in [0.717, 1.165) is 0 Å². The average molecular weight is 266 g/mol. The molecule has 1 aliphatic rings. The van der Waals surface area contributed by atoms with Crippen LogP contribution in [0.3, 0.4) is 0 Å². The zero-order chi connectivity index (χ0) is 12.8. The molecule has 0 heterocycles. The summed E-state index contributed by atoms with van der Waals surface area (Å²) in [4.78, 5) is 28.6. The summed E-state index contributed by atoms with van der Waals surface area (Å²) in [7, 11) is -2.34. The Kier molecular flexibility index (Phi) is 6.12. The second-order valence-electron chi connectivity index (χ2n) is 4.49. The normalized spacial score (nSPS) is 24.4. The molecule has 0 bridgehead atoms. The van der Waals surface area contributed by atoms with Gasteiger partial charge in [0.1, 0.15) is 6.10 Å². The Morgan fingerprint density at radius 3 is 2.59 bits per heavy atom. The van der Waals surface area contributed by atoms with E-state index in [1.807, 2.05) is 13.8 Å². The summed E-state index contributed by atoms with van der Waals surface area (Å²) in [6.45, 7) is 4.22. The molecule has 100 valence electrons. The van der Waals surface area contributed by atoms with E-state index in [0.29, 0.717) is 25.9 Å². The van der Waals surface area contributed by atoms with Crippen molar-refractivity contribution >= 4 is 14.8 Å². The monoisotopic (exact) mass is 266 g/mol. The van der Waals surface area contributed by atoms with E-state index >= 15 is 0 Å². The van der Waals surface area contributed by atoms with Gasteiger partial charge in [-0.1, -0.05) is 13.8 Å². The van der Waals surface area contributed by atoms with Crippen molar-refractivity contribution in [2.24, 2.45) is 5.92 Å². The molecule has 0 aromatic carbocycles. The number of rotatable bonds is 5. The molecule has 17 heavy (non-hydrogen) atoms. The van der Waals surface area contributed by atoms with Crippen molar-refractivity contribution in [3.8, 4) is 0 Å². The maximum absolute atomic E-state index is 11.3. The van der Waals surface area contributed by atoms with Crippen molar-refractivity contribution < 1.29 is 28.6 Å². The highest BCUT2D eigenvalue weighted by Gasteiger charge is 2.30. The predicted molar refractivity (Wildman–Crippen MR) is 61.1 cm³/mol. The fourth-order valence-corrected chi connectivity index (χ4v) is 2.10. The SMILES string of the molecule is CC(C)COC(=O)OC1CCC(OP(O)O)C1. The summed E-state index contributed by atoms with van der Waals surface area (Å²) in [5.74, 6) is 0.273. The molecule has 0 aromatic rings. The summed E-state index contributed by atoms with van der Waals surface area (Å²) >= 11 is 0. The van der Waals surface area contributed by atoms with Crippen LogP contribution in [-0.2, 0) is 14.0 Å². The molecule has 7 heteroatoms. The molecule has 0 aromatic heterocycles. The van der Waals surface area contributed by atoms with E-state index < -0.39 is 14.8 Å². The van der Waals surface area contributed by atoms with Crippen molar-refractivity contribution in [2.75, 3.05) is 6.61 Å². The maximum Gasteiger partial charge on any atom is 0.508 e. The molecule has 0 spiro atoms. The fraction of sp³-hybridized carbons (Fsp3) is 0.900. The van der Waals surface area contributed by atoms with Gasteiger partial charge in [0.25, 0.3) is 0 Å². The fourth-order valence-electron chi connectivity index (χ4n) is 1.64. The van der Waals surface area contributed by atoms with Crippen LogP contribution in [0.1, 0.15) is 33.1 Å². The Balaban J connectivity index is 2.18. The van der Waals surface area contributed by atoms with E-state index in [4.69, 9.17) is 23.8 Å². The Labute approximate surface area is 102 Å². The lowest BCUT2D eigenvalue weighted by Gasteiger charge is -2.14. The highest BCUT2D eigenvalue weighted by Crippen LogP contribution is 2.35. The molecule has 0 amide bonds. The van der Waals surface area contributed by atoms with Crippen LogP contribution < -0.4 is 0 Å². The van der Waals surface area contributed by atoms with Crippen molar-refractivity contribution in [2.45, 2.75) is 45.3 Å². The summed E-state index contributed by atoms with van der Waals surface area (Å²) in [5, 5.41) is 0. The smallest absolute Gasteiger partial charge is 0.434 e. The molecule has 0 saturated heterocycles. The molecule has 1 saturated carbocycles. The number of hydrogen-bond acceptors (Lipinski definition) is 6. The predicted octanol–water partition coefficient (Wildman–Crippen LogP) is 1.94. The molecule has 0 aliphatic heterocycles. The van der Waals surface area contributed by atoms with Gasteiger partial charge in [-0.2, -0.15) is 0 Å².